The molecule has 0 radical (unpaired) electrons. The molecular formula is C14H17N2O5+. The number of hydrogen-bond donors (Lipinski definition) is 1. The van der Waals surface area contributed by atoms with Crippen molar-refractivity contribution in [1.29, 1.82) is 0 Å². The molecule has 0 bridgehead atoms. The number of esters is 1. The van der Waals surface area contributed by atoms with Gasteiger partial charge in [0.1, 0.15) is 5.75 Å². The van der Waals surface area contributed by atoms with Crippen molar-refractivity contribution in [3.05, 3.63) is 24.3 Å². The second-order valence-corrected chi connectivity index (χ2v) is 4.59. The first-order valence-electron chi connectivity index (χ1n) is 6.47. The molecule has 2 rings (SSSR count). The highest BCUT2D eigenvalue weighted by Gasteiger charge is 2.42. The molecule has 0 aromatic heterocycles. The first-order valence-corrected chi connectivity index (χ1v) is 6.47. The van der Waals surface area contributed by atoms with Gasteiger partial charge in [-0.25, -0.2) is 9.69 Å². The maximum Gasteiger partial charge on any atom is 0.361 e. The van der Waals surface area contributed by atoms with Crippen molar-refractivity contribution < 1.29 is 29.2 Å². The second kappa shape index (κ2) is 6.36. The van der Waals surface area contributed by atoms with Crippen molar-refractivity contribution >= 4 is 23.5 Å². The first-order chi connectivity index (χ1) is 10.1. The van der Waals surface area contributed by atoms with Gasteiger partial charge in [-0.15, -0.1) is 0 Å². The predicted molar refractivity (Wildman–Crippen MR) is 72.7 cm³/mol. The van der Waals surface area contributed by atoms with Gasteiger partial charge >= 0.3 is 5.97 Å². The van der Waals surface area contributed by atoms with Gasteiger partial charge in [-0.05, 0) is 24.3 Å². The zero-order chi connectivity index (χ0) is 15.4. The van der Waals surface area contributed by atoms with Crippen LogP contribution in [0, 0.1) is 0 Å². The lowest BCUT2D eigenvalue weighted by Crippen LogP contribution is -2.93. The minimum atomic E-state index is -0.585. The van der Waals surface area contributed by atoms with Crippen LogP contribution in [0.5, 0.6) is 5.75 Å². The van der Waals surface area contributed by atoms with Crippen LogP contribution in [0.1, 0.15) is 6.42 Å². The summed E-state index contributed by atoms with van der Waals surface area (Å²) in [5, 5.41) is 1.52. The smallest absolute Gasteiger partial charge is 0.361 e. The van der Waals surface area contributed by atoms with E-state index in [0.29, 0.717) is 11.4 Å². The lowest BCUT2D eigenvalue weighted by Gasteiger charge is -2.14. The molecule has 0 aliphatic carbocycles. The fourth-order valence-corrected chi connectivity index (χ4v) is 2.16. The van der Waals surface area contributed by atoms with E-state index in [1.807, 2.05) is 0 Å². The van der Waals surface area contributed by atoms with E-state index in [9.17, 15) is 14.4 Å². The highest BCUT2D eigenvalue weighted by Crippen LogP contribution is 2.24. The zero-order valence-electron chi connectivity index (χ0n) is 11.9. The summed E-state index contributed by atoms with van der Waals surface area (Å²) in [6, 6.07) is 6.08. The van der Waals surface area contributed by atoms with Crippen molar-refractivity contribution in [3.8, 4) is 5.75 Å². The quantitative estimate of drug-likeness (QED) is 0.559. The molecule has 7 nitrogen and oxygen atoms in total. The third-order valence-electron chi connectivity index (χ3n) is 3.31. The SMILES string of the molecule is COC(=O)C[NH2+][C@@H]1CC(=O)N(c2ccc(OC)cc2)C1=O. The molecule has 1 aromatic rings. The molecule has 1 aromatic carbocycles. The van der Waals surface area contributed by atoms with E-state index >= 15 is 0 Å². The molecule has 112 valence electrons. The van der Waals surface area contributed by atoms with Crippen molar-refractivity contribution in [2.75, 3.05) is 25.7 Å². The van der Waals surface area contributed by atoms with Gasteiger partial charge in [0.15, 0.2) is 12.6 Å². The fraction of sp³-hybridized carbons (Fsp3) is 0.357. The lowest BCUT2D eigenvalue weighted by molar-refractivity contribution is -0.665. The molecule has 1 aliphatic rings. The molecule has 1 heterocycles. The number of ether oxygens (including phenoxy) is 2. The number of methoxy groups -OCH3 is 2. The molecule has 0 saturated carbocycles. The highest BCUT2D eigenvalue weighted by molar-refractivity contribution is 6.21. The van der Waals surface area contributed by atoms with Gasteiger partial charge in [0.25, 0.3) is 5.91 Å². The monoisotopic (exact) mass is 293 g/mol. The molecule has 1 saturated heterocycles. The largest absolute Gasteiger partial charge is 0.497 e. The van der Waals surface area contributed by atoms with E-state index in [2.05, 4.69) is 4.74 Å². The number of rotatable bonds is 5. The number of carbonyl (C=O) groups is 3. The Balaban J connectivity index is 2.08. The van der Waals surface area contributed by atoms with Gasteiger partial charge in [-0.2, -0.15) is 0 Å². The van der Waals surface area contributed by atoms with Crippen molar-refractivity contribution in [2.45, 2.75) is 12.5 Å². The van der Waals surface area contributed by atoms with Crippen molar-refractivity contribution in [1.82, 2.24) is 0 Å². The van der Waals surface area contributed by atoms with Crippen LogP contribution in [0.3, 0.4) is 0 Å². The molecule has 7 heteroatoms. The summed E-state index contributed by atoms with van der Waals surface area (Å²) in [5.41, 5.74) is 0.500. The molecule has 2 N–H and O–H groups in total. The van der Waals surface area contributed by atoms with E-state index in [1.165, 1.54) is 12.4 Å². The van der Waals surface area contributed by atoms with Crippen molar-refractivity contribution in [2.24, 2.45) is 0 Å². The van der Waals surface area contributed by atoms with Crippen LogP contribution in [-0.4, -0.2) is 44.6 Å². The Labute approximate surface area is 121 Å². The van der Waals surface area contributed by atoms with E-state index in [1.54, 1.807) is 31.4 Å². The zero-order valence-corrected chi connectivity index (χ0v) is 11.9. The van der Waals surface area contributed by atoms with E-state index in [0.717, 1.165) is 4.90 Å². The summed E-state index contributed by atoms with van der Waals surface area (Å²) in [4.78, 5) is 36.5. The molecule has 0 spiro atoms. The van der Waals surface area contributed by atoms with Crippen LogP contribution in [-0.2, 0) is 19.1 Å². The molecule has 2 amide bonds. The molecule has 1 aliphatic heterocycles. The standard InChI is InChI=1S/C14H16N2O5/c1-20-10-5-3-9(4-6-10)16-12(17)7-11(14(16)19)15-8-13(18)21-2/h3-6,11,15H,7-8H2,1-2H3/p+1/t11-/m1/s1. The van der Waals surface area contributed by atoms with Gasteiger partial charge in [0.2, 0.25) is 5.91 Å². The van der Waals surface area contributed by atoms with Gasteiger partial charge in [-0.1, -0.05) is 0 Å². The summed E-state index contributed by atoms with van der Waals surface area (Å²) >= 11 is 0. The Morgan fingerprint density at radius 3 is 2.52 bits per heavy atom. The molecule has 21 heavy (non-hydrogen) atoms. The number of benzene rings is 1. The van der Waals surface area contributed by atoms with Gasteiger partial charge in [-0.3, -0.25) is 9.59 Å². The lowest BCUT2D eigenvalue weighted by atomic mass is 10.2. The van der Waals surface area contributed by atoms with E-state index in [-0.39, 0.29) is 24.8 Å². The number of carbonyl (C=O) groups excluding carboxylic acids is 3. The Morgan fingerprint density at radius 1 is 1.29 bits per heavy atom. The Hall–Kier alpha value is -2.41. The van der Waals surface area contributed by atoms with Crippen LogP contribution in [0.4, 0.5) is 5.69 Å². The van der Waals surface area contributed by atoms with Crippen LogP contribution >= 0.6 is 0 Å². The average Bonchev–Trinajstić information content (AvgIpc) is 2.79. The Morgan fingerprint density at radius 2 is 1.95 bits per heavy atom. The van der Waals surface area contributed by atoms with Crippen LogP contribution in [0.25, 0.3) is 0 Å². The van der Waals surface area contributed by atoms with Gasteiger partial charge < -0.3 is 14.8 Å². The molecule has 1 fully saturated rings. The number of amides is 2. The summed E-state index contributed by atoms with van der Waals surface area (Å²) in [6.07, 6.45) is 0.0713. The summed E-state index contributed by atoms with van der Waals surface area (Å²) < 4.78 is 9.55. The topological polar surface area (TPSA) is 89.5 Å². The predicted octanol–water partition coefficient (Wildman–Crippen LogP) is -0.936. The maximum atomic E-state index is 12.3. The van der Waals surface area contributed by atoms with Gasteiger partial charge in [0, 0.05) is 0 Å². The summed E-state index contributed by atoms with van der Waals surface area (Å²) in [6.45, 7) is 0.0106. The number of hydrogen-bond acceptors (Lipinski definition) is 5. The first kappa shape index (κ1) is 15.0. The van der Waals surface area contributed by atoms with E-state index < -0.39 is 12.0 Å². The molecule has 0 unspecified atom stereocenters. The minimum Gasteiger partial charge on any atom is -0.497 e. The third-order valence-corrected chi connectivity index (χ3v) is 3.31. The average molecular weight is 293 g/mol. The van der Waals surface area contributed by atoms with E-state index in [4.69, 9.17) is 4.74 Å². The van der Waals surface area contributed by atoms with Crippen LogP contribution in [0.2, 0.25) is 0 Å². The number of anilines is 1. The molecule has 1 atom stereocenters. The number of imide groups is 1. The van der Waals surface area contributed by atoms with Crippen LogP contribution < -0.4 is 15.0 Å². The third kappa shape index (κ3) is 3.19. The number of nitrogens with two attached hydrogens (primary N) is 1. The number of nitrogens with zero attached hydrogens (tertiary/aromatic N) is 1. The van der Waals surface area contributed by atoms with Crippen molar-refractivity contribution in [3.63, 3.8) is 0 Å². The summed E-state index contributed by atoms with van der Waals surface area (Å²) in [7, 11) is 2.82. The van der Waals surface area contributed by atoms with Gasteiger partial charge in [0.05, 0.1) is 26.3 Å². The minimum absolute atomic E-state index is 0.0106. The fourth-order valence-electron chi connectivity index (χ4n) is 2.16. The molecular weight excluding hydrogens is 276 g/mol. The summed E-state index contributed by atoms with van der Waals surface area (Å²) in [5.74, 6) is -0.393. The highest BCUT2D eigenvalue weighted by atomic mass is 16.5. The number of quaternary nitrogens is 1. The Bertz CT molecular complexity index is 555. The Kier molecular flexibility index (Phi) is 4.54. The van der Waals surface area contributed by atoms with Crippen LogP contribution in [0.15, 0.2) is 24.3 Å². The normalized spacial score (nSPS) is 18.0. The second-order valence-electron chi connectivity index (χ2n) is 4.59. The maximum absolute atomic E-state index is 12.3.